The zero-order valence-electron chi connectivity index (χ0n) is 21.6. The number of piperidine rings is 1. The number of likely N-dealkylation sites (tertiary alicyclic amines) is 1. The van der Waals surface area contributed by atoms with E-state index in [0.29, 0.717) is 17.7 Å². The number of hydrogen-bond acceptors (Lipinski definition) is 4. The summed E-state index contributed by atoms with van der Waals surface area (Å²) >= 11 is 5.16. The Hall–Kier alpha value is -3.53. The average molecular weight is 535 g/mol. The Morgan fingerprint density at radius 2 is 1.66 bits per heavy atom. The minimum atomic E-state index is -0.215. The largest absolute Gasteiger partial charge is 0.412 e. The molecule has 0 bridgehead atoms. The predicted molar refractivity (Wildman–Crippen MR) is 157 cm³/mol. The quantitative estimate of drug-likeness (QED) is 0.290. The van der Waals surface area contributed by atoms with Crippen molar-refractivity contribution in [3.63, 3.8) is 0 Å². The Balaban J connectivity index is 0.00000336. The third kappa shape index (κ3) is 6.86. The number of hydrogen-bond donors (Lipinski definition) is 3. The molecule has 0 atom stereocenters. The van der Waals surface area contributed by atoms with Gasteiger partial charge in [0.25, 0.3) is 0 Å². The topological polar surface area (TPSA) is 88.7 Å². The number of para-hydroxylation sites is 2. The molecule has 0 saturated carbocycles. The number of halogens is 1. The summed E-state index contributed by atoms with van der Waals surface area (Å²) in [7, 11) is 1.81. The summed E-state index contributed by atoms with van der Waals surface area (Å²) in [5, 5.41) is 10.4. The molecular weight excluding hydrogens is 499 g/mol. The Labute approximate surface area is 228 Å². The highest BCUT2D eigenvalue weighted by Crippen LogP contribution is 2.24. The van der Waals surface area contributed by atoms with Crippen LogP contribution < -0.4 is 16.0 Å². The minimum Gasteiger partial charge on any atom is -0.412 e. The number of thiocarbonyl (C=S) groups is 1. The summed E-state index contributed by atoms with van der Waals surface area (Å²) in [5.74, 6) is 0.669. The molecule has 0 unspecified atom stereocenters. The maximum absolute atomic E-state index is 13.4. The van der Waals surface area contributed by atoms with Gasteiger partial charge in [0, 0.05) is 38.4 Å². The van der Waals surface area contributed by atoms with Crippen LogP contribution in [0.15, 0.2) is 72.8 Å². The molecule has 4 aromatic rings. The van der Waals surface area contributed by atoms with Crippen molar-refractivity contribution in [3.05, 3.63) is 89.7 Å². The smallest absolute Gasteiger partial charge is 0.204 e. The van der Waals surface area contributed by atoms with E-state index in [2.05, 4.69) is 55.7 Å². The number of anilines is 2. The van der Waals surface area contributed by atoms with Crippen LogP contribution in [0.5, 0.6) is 0 Å². The molecule has 2 heterocycles. The summed E-state index contributed by atoms with van der Waals surface area (Å²) in [4.78, 5) is 7.44. The normalized spacial score (nSPS) is 14.2. The minimum absolute atomic E-state index is 0. The van der Waals surface area contributed by atoms with Gasteiger partial charge in [0.2, 0.25) is 5.95 Å². The lowest BCUT2D eigenvalue weighted by Crippen LogP contribution is -2.40. The van der Waals surface area contributed by atoms with Crippen molar-refractivity contribution >= 4 is 40.0 Å². The van der Waals surface area contributed by atoms with Crippen LogP contribution in [0.1, 0.15) is 24.0 Å². The van der Waals surface area contributed by atoms with Crippen molar-refractivity contribution in [1.29, 1.82) is 0 Å². The number of aromatic nitrogens is 2. The summed E-state index contributed by atoms with van der Waals surface area (Å²) in [5.41, 5.74) is 5.44. The number of rotatable bonds is 8. The molecule has 1 aliphatic heterocycles. The monoisotopic (exact) mass is 534 g/mol. The van der Waals surface area contributed by atoms with Gasteiger partial charge in [-0.25, -0.2) is 9.37 Å². The SMILES string of the molecule is CNC(=S)Nc1ccc(CCN2CCC(Nc3nc4ccccc4n3Cc3ccc(F)cc3)CC2)cc1.O. The van der Waals surface area contributed by atoms with E-state index in [9.17, 15) is 4.39 Å². The summed E-state index contributed by atoms with van der Waals surface area (Å²) in [6, 6.07) is 23.8. The van der Waals surface area contributed by atoms with Crippen molar-refractivity contribution in [2.24, 2.45) is 0 Å². The van der Waals surface area contributed by atoms with Crippen LogP contribution >= 0.6 is 12.2 Å². The van der Waals surface area contributed by atoms with Crippen LogP contribution in [-0.4, -0.2) is 57.8 Å². The molecule has 1 saturated heterocycles. The summed E-state index contributed by atoms with van der Waals surface area (Å²) in [6.07, 6.45) is 3.18. The standard InChI is InChI=1S/C29H33FN6S.H2O/c1-31-29(37)33-24-12-8-21(9-13-24)14-17-35-18-15-25(16-19-35)32-28-34-26-4-2-3-5-27(26)36(28)20-22-6-10-23(30)11-7-22;/h2-13,25H,14-20H2,1H3,(H,32,34)(H2,31,33,37);1H2. The molecule has 0 spiro atoms. The fraction of sp³-hybridized carbons (Fsp3) is 0.310. The molecule has 0 amide bonds. The van der Waals surface area contributed by atoms with E-state index in [1.54, 1.807) is 0 Å². The molecule has 7 nitrogen and oxygen atoms in total. The molecule has 0 radical (unpaired) electrons. The van der Waals surface area contributed by atoms with Gasteiger partial charge in [-0.05, 0) is 79.0 Å². The van der Waals surface area contributed by atoms with E-state index in [0.717, 1.165) is 67.1 Å². The molecule has 1 aliphatic rings. The van der Waals surface area contributed by atoms with Gasteiger partial charge < -0.3 is 30.9 Å². The average Bonchev–Trinajstić information content (AvgIpc) is 3.27. The van der Waals surface area contributed by atoms with Gasteiger partial charge in [-0.3, -0.25) is 0 Å². The van der Waals surface area contributed by atoms with E-state index < -0.39 is 0 Å². The highest BCUT2D eigenvalue weighted by atomic mass is 32.1. The Kier molecular flexibility index (Phi) is 9.28. The Morgan fingerprint density at radius 3 is 2.37 bits per heavy atom. The molecule has 9 heteroatoms. The fourth-order valence-electron chi connectivity index (χ4n) is 4.84. The second kappa shape index (κ2) is 12.8. The van der Waals surface area contributed by atoms with Crippen LogP contribution in [-0.2, 0) is 13.0 Å². The van der Waals surface area contributed by atoms with E-state index in [1.165, 1.54) is 17.7 Å². The van der Waals surface area contributed by atoms with E-state index in [4.69, 9.17) is 17.2 Å². The van der Waals surface area contributed by atoms with Crippen LogP contribution in [0.4, 0.5) is 16.0 Å². The van der Waals surface area contributed by atoms with Crippen LogP contribution in [0.2, 0.25) is 0 Å². The van der Waals surface area contributed by atoms with Gasteiger partial charge in [-0.15, -0.1) is 0 Å². The lowest BCUT2D eigenvalue weighted by Gasteiger charge is -2.32. The molecule has 1 aromatic heterocycles. The highest BCUT2D eigenvalue weighted by molar-refractivity contribution is 7.80. The van der Waals surface area contributed by atoms with Gasteiger partial charge in [-0.1, -0.05) is 36.4 Å². The maximum atomic E-state index is 13.4. The van der Waals surface area contributed by atoms with Gasteiger partial charge in [0.15, 0.2) is 5.11 Å². The fourth-order valence-corrected chi connectivity index (χ4v) is 4.96. The second-order valence-corrected chi connectivity index (χ2v) is 9.96. The van der Waals surface area contributed by atoms with Crippen molar-refractivity contribution in [3.8, 4) is 0 Å². The number of fused-ring (bicyclic) bond motifs is 1. The zero-order chi connectivity index (χ0) is 25.6. The molecule has 38 heavy (non-hydrogen) atoms. The zero-order valence-corrected chi connectivity index (χ0v) is 22.4. The van der Waals surface area contributed by atoms with Crippen LogP contribution in [0.3, 0.4) is 0 Å². The first-order valence-corrected chi connectivity index (χ1v) is 13.2. The lowest BCUT2D eigenvalue weighted by molar-refractivity contribution is 0.221. The van der Waals surface area contributed by atoms with Crippen LogP contribution in [0, 0.1) is 5.82 Å². The number of nitrogens with one attached hydrogen (secondary N) is 3. The molecule has 3 aromatic carbocycles. The van der Waals surface area contributed by atoms with Gasteiger partial charge in [0.1, 0.15) is 5.82 Å². The van der Waals surface area contributed by atoms with Gasteiger partial charge in [0.05, 0.1) is 17.6 Å². The first kappa shape index (κ1) is 27.5. The number of nitrogens with zero attached hydrogens (tertiary/aromatic N) is 3. The highest BCUT2D eigenvalue weighted by Gasteiger charge is 2.21. The summed E-state index contributed by atoms with van der Waals surface area (Å²) in [6.45, 7) is 3.83. The van der Waals surface area contributed by atoms with Crippen molar-refractivity contribution < 1.29 is 9.87 Å². The first-order valence-electron chi connectivity index (χ1n) is 12.8. The lowest BCUT2D eigenvalue weighted by atomic mass is 10.0. The Morgan fingerprint density at radius 1 is 0.974 bits per heavy atom. The van der Waals surface area contributed by atoms with Crippen molar-refractivity contribution in [2.75, 3.05) is 37.3 Å². The third-order valence-corrected chi connectivity index (χ3v) is 7.29. The molecule has 5 N–H and O–H groups in total. The number of imidazole rings is 1. The first-order chi connectivity index (χ1) is 18.1. The van der Waals surface area contributed by atoms with E-state index >= 15 is 0 Å². The van der Waals surface area contributed by atoms with Gasteiger partial charge >= 0.3 is 0 Å². The molecule has 200 valence electrons. The molecule has 5 rings (SSSR count). The molecule has 1 fully saturated rings. The van der Waals surface area contributed by atoms with Crippen molar-refractivity contribution in [1.82, 2.24) is 19.8 Å². The van der Waals surface area contributed by atoms with Gasteiger partial charge in [-0.2, -0.15) is 0 Å². The van der Waals surface area contributed by atoms with Crippen LogP contribution in [0.25, 0.3) is 11.0 Å². The molecule has 0 aliphatic carbocycles. The van der Waals surface area contributed by atoms with E-state index in [1.807, 2.05) is 37.4 Å². The predicted octanol–water partition coefficient (Wildman–Crippen LogP) is 4.43. The second-order valence-electron chi connectivity index (χ2n) is 9.55. The van der Waals surface area contributed by atoms with Crippen molar-refractivity contribution in [2.45, 2.75) is 31.8 Å². The third-order valence-electron chi connectivity index (χ3n) is 6.98. The van der Waals surface area contributed by atoms with E-state index in [-0.39, 0.29) is 11.3 Å². The Bertz CT molecular complexity index is 1330. The maximum Gasteiger partial charge on any atom is 0.204 e. The number of benzene rings is 3. The molecular formula is C29H35FN6OS. The summed E-state index contributed by atoms with van der Waals surface area (Å²) < 4.78 is 15.6.